The fourth-order valence-corrected chi connectivity index (χ4v) is 3.90. The van der Waals surface area contributed by atoms with Crippen LogP contribution in [0.25, 0.3) is 0 Å². The molecule has 1 heterocycles. The average Bonchev–Trinajstić information content (AvgIpc) is 2.97. The molecule has 2 rings (SSSR count). The lowest BCUT2D eigenvalue weighted by Crippen LogP contribution is -2.46. The van der Waals surface area contributed by atoms with Crippen LogP contribution in [0.15, 0.2) is 22.8 Å². The van der Waals surface area contributed by atoms with Crippen LogP contribution in [0, 0.1) is 11.3 Å². The Balaban J connectivity index is 2.01. The molecule has 0 aliphatic heterocycles. The SMILES string of the molecule is CCNCC1(CN(CC)Cc2ccco2)CCCC(C)C1. The van der Waals surface area contributed by atoms with E-state index in [0.29, 0.717) is 5.41 Å². The van der Waals surface area contributed by atoms with Gasteiger partial charge >= 0.3 is 0 Å². The van der Waals surface area contributed by atoms with Gasteiger partial charge in [0.2, 0.25) is 0 Å². The highest BCUT2D eigenvalue weighted by Gasteiger charge is 2.35. The molecule has 3 heteroatoms. The molecular weight excluding hydrogens is 260 g/mol. The van der Waals surface area contributed by atoms with E-state index in [1.807, 2.05) is 6.07 Å². The van der Waals surface area contributed by atoms with Crippen molar-refractivity contribution in [2.75, 3.05) is 26.2 Å². The molecular formula is C18H32N2O. The van der Waals surface area contributed by atoms with Crippen LogP contribution in [0.3, 0.4) is 0 Å². The number of furan rings is 1. The number of rotatable bonds is 8. The normalized spacial score (nSPS) is 26.4. The van der Waals surface area contributed by atoms with Crippen LogP contribution in [0.5, 0.6) is 0 Å². The zero-order valence-electron chi connectivity index (χ0n) is 14.0. The van der Waals surface area contributed by atoms with Crippen LogP contribution >= 0.6 is 0 Å². The minimum atomic E-state index is 0.441. The summed E-state index contributed by atoms with van der Waals surface area (Å²) < 4.78 is 5.53. The second kappa shape index (κ2) is 8.00. The molecule has 1 N–H and O–H groups in total. The maximum Gasteiger partial charge on any atom is 0.117 e. The Hall–Kier alpha value is -0.800. The highest BCUT2D eigenvalue weighted by molar-refractivity contribution is 4.99. The van der Waals surface area contributed by atoms with Crippen molar-refractivity contribution in [3.05, 3.63) is 24.2 Å². The van der Waals surface area contributed by atoms with E-state index in [1.165, 1.54) is 32.2 Å². The smallest absolute Gasteiger partial charge is 0.117 e. The van der Waals surface area contributed by atoms with E-state index in [2.05, 4.69) is 37.1 Å². The van der Waals surface area contributed by atoms with Gasteiger partial charge in [-0.15, -0.1) is 0 Å². The Labute approximate surface area is 130 Å². The largest absolute Gasteiger partial charge is 0.468 e. The fourth-order valence-electron chi connectivity index (χ4n) is 3.90. The van der Waals surface area contributed by atoms with Crippen molar-refractivity contribution in [1.82, 2.24) is 10.2 Å². The number of nitrogens with one attached hydrogen (secondary N) is 1. The molecule has 0 aromatic carbocycles. The van der Waals surface area contributed by atoms with Gasteiger partial charge in [-0.2, -0.15) is 0 Å². The summed E-state index contributed by atoms with van der Waals surface area (Å²) in [7, 11) is 0. The molecule has 1 aromatic heterocycles. The molecule has 3 nitrogen and oxygen atoms in total. The molecule has 2 atom stereocenters. The van der Waals surface area contributed by atoms with Crippen molar-refractivity contribution in [1.29, 1.82) is 0 Å². The molecule has 2 unspecified atom stereocenters. The third kappa shape index (κ3) is 4.86. The van der Waals surface area contributed by atoms with Crippen molar-refractivity contribution >= 4 is 0 Å². The van der Waals surface area contributed by atoms with Crippen LogP contribution in [0.2, 0.25) is 0 Å². The van der Waals surface area contributed by atoms with E-state index < -0.39 is 0 Å². The van der Waals surface area contributed by atoms with E-state index in [-0.39, 0.29) is 0 Å². The maximum atomic E-state index is 5.53. The van der Waals surface area contributed by atoms with Gasteiger partial charge in [0.05, 0.1) is 12.8 Å². The molecule has 120 valence electrons. The first-order valence-electron chi connectivity index (χ1n) is 8.63. The monoisotopic (exact) mass is 292 g/mol. The van der Waals surface area contributed by atoms with Crippen molar-refractivity contribution in [2.45, 2.75) is 53.0 Å². The minimum absolute atomic E-state index is 0.441. The first-order valence-corrected chi connectivity index (χ1v) is 8.63. The lowest BCUT2D eigenvalue weighted by atomic mass is 9.69. The molecule has 0 spiro atoms. The Kier molecular flexibility index (Phi) is 6.31. The van der Waals surface area contributed by atoms with E-state index in [0.717, 1.165) is 37.9 Å². The van der Waals surface area contributed by atoms with E-state index >= 15 is 0 Å². The van der Waals surface area contributed by atoms with Crippen LogP contribution in [0.1, 0.15) is 52.2 Å². The Morgan fingerprint density at radius 2 is 2.29 bits per heavy atom. The van der Waals surface area contributed by atoms with Gasteiger partial charge in [0.1, 0.15) is 5.76 Å². The van der Waals surface area contributed by atoms with Gasteiger partial charge in [0, 0.05) is 13.1 Å². The molecule has 0 amide bonds. The van der Waals surface area contributed by atoms with E-state index in [9.17, 15) is 0 Å². The van der Waals surface area contributed by atoms with Gasteiger partial charge < -0.3 is 9.73 Å². The summed E-state index contributed by atoms with van der Waals surface area (Å²) in [6.07, 6.45) is 7.27. The second-order valence-electron chi connectivity index (χ2n) is 6.86. The highest BCUT2D eigenvalue weighted by atomic mass is 16.3. The van der Waals surface area contributed by atoms with Crippen LogP contribution in [0.4, 0.5) is 0 Å². The molecule has 0 radical (unpaired) electrons. The number of nitrogens with zero attached hydrogens (tertiary/aromatic N) is 1. The number of hydrogen-bond acceptors (Lipinski definition) is 3. The first-order chi connectivity index (χ1) is 10.2. The molecule has 1 aliphatic rings. The maximum absolute atomic E-state index is 5.53. The summed E-state index contributed by atoms with van der Waals surface area (Å²) in [6, 6.07) is 4.07. The zero-order valence-corrected chi connectivity index (χ0v) is 14.0. The fraction of sp³-hybridized carbons (Fsp3) is 0.778. The average molecular weight is 292 g/mol. The Morgan fingerprint density at radius 1 is 1.43 bits per heavy atom. The van der Waals surface area contributed by atoms with Crippen molar-refractivity contribution in [3.63, 3.8) is 0 Å². The number of hydrogen-bond donors (Lipinski definition) is 1. The molecule has 1 fully saturated rings. The molecule has 0 bridgehead atoms. The topological polar surface area (TPSA) is 28.4 Å². The van der Waals surface area contributed by atoms with Crippen LogP contribution < -0.4 is 5.32 Å². The molecule has 0 saturated heterocycles. The lowest BCUT2D eigenvalue weighted by Gasteiger charge is -2.43. The summed E-state index contributed by atoms with van der Waals surface area (Å²) in [5.41, 5.74) is 0.441. The van der Waals surface area contributed by atoms with Crippen molar-refractivity contribution in [3.8, 4) is 0 Å². The van der Waals surface area contributed by atoms with Gasteiger partial charge in [-0.05, 0) is 49.4 Å². The van der Waals surface area contributed by atoms with Gasteiger partial charge in [-0.1, -0.05) is 33.6 Å². The third-order valence-electron chi connectivity index (χ3n) is 4.90. The quantitative estimate of drug-likeness (QED) is 0.787. The minimum Gasteiger partial charge on any atom is -0.468 e. The standard InChI is InChI=1S/C18H32N2O/c1-4-19-14-18(10-6-8-16(3)12-18)15-20(5-2)13-17-9-7-11-21-17/h7,9,11,16,19H,4-6,8,10,12-15H2,1-3H3. The third-order valence-corrected chi connectivity index (χ3v) is 4.90. The summed E-state index contributed by atoms with van der Waals surface area (Å²) in [5.74, 6) is 1.94. The Bertz CT molecular complexity index is 390. The predicted molar refractivity (Wildman–Crippen MR) is 88.3 cm³/mol. The van der Waals surface area contributed by atoms with Gasteiger partial charge in [-0.3, -0.25) is 4.90 Å². The van der Waals surface area contributed by atoms with E-state index in [1.54, 1.807) is 6.26 Å². The second-order valence-corrected chi connectivity index (χ2v) is 6.86. The van der Waals surface area contributed by atoms with E-state index in [4.69, 9.17) is 4.42 Å². The van der Waals surface area contributed by atoms with Crippen molar-refractivity contribution < 1.29 is 4.42 Å². The first kappa shape index (κ1) is 16.6. The summed E-state index contributed by atoms with van der Waals surface area (Å²) in [6.45, 7) is 12.3. The van der Waals surface area contributed by atoms with Gasteiger partial charge in [0.15, 0.2) is 0 Å². The summed E-state index contributed by atoms with van der Waals surface area (Å²) >= 11 is 0. The zero-order chi connectivity index (χ0) is 15.1. The van der Waals surface area contributed by atoms with Gasteiger partial charge in [0.25, 0.3) is 0 Å². The summed E-state index contributed by atoms with van der Waals surface area (Å²) in [4.78, 5) is 2.55. The molecule has 1 aliphatic carbocycles. The van der Waals surface area contributed by atoms with Crippen molar-refractivity contribution in [2.24, 2.45) is 11.3 Å². The van der Waals surface area contributed by atoms with Crippen LogP contribution in [-0.4, -0.2) is 31.1 Å². The predicted octanol–water partition coefficient (Wildman–Crippen LogP) is 3.91. The molecule has 1 aromatic rings. The molecule has 21 heavy (non-hydrogen) atoms. The lowest BCUT2D eigenvalue weighted by molar-refractivity contribution is 0.0761. The Morgan fingerprint density at radius 3 is 2.90 bits per heavy atom. The van der Waals surface area contributed by atoms with Crippen LogP contribution in [-0.2, 0) is 6.54 Å². The van der Waals surface area contributed by atoms with Gasteiger partial charge in [-0.25, -0.2) is 0 Å². The summed E-state index contributed by atoms with van der Waals surface area (Å²) in [5, 5.41) is 3.62. The highest BCUT2D eigenvalue weighted by Crippen LogP contribution is 2.39. The molecule has 1 saturated carbocycles.